The molecule has 1 N–H and O–H groups in total. The van der Waals surface area contributed by atoms with Crippen molar-refractivity contribution in [1.29, 1.82) is 0 Å². The van der Waals surface area contributed by atoms with E-state index in [1.807, 2.05) is 24.4 Å². The Bertz CT molecular complexity index is 3320. The second-order valence-corrected chi connectivity index (χ2v) is 17.3. The van der Waals surface area contributed by atoms with Crippen molar-refractivity contribution >= 4 is 32.7 Å². The summed E-state index contributed by atoms with van der Waals surface area (Å²) in [7, 11) is 0. The second-order valence-electron chi connectivity index (χ2n) is 17.3. The molecule has 8 aromatic carbocycles. The van der Waals surface area contributed by atoms with E-state index in [9.17, 15) is 5.11 Å². The van der Waals surface area contributed by atoms with E-state index in [4.69, 9.17) is 9.97 Å². The molecule has 306 valence electrons. The third-order valence-electron chi connectivity index (χ3n) is 12.2. The molecule has 0 aliphatic carbocycles. The number of phenols is 1. The fourth-order valence-corrected chi connectivity index (χ4v) is 8.92. The number of aromatic hydroxyl groups is 1. The van der Waals surface area contributed by atoms with Gasteiger partial charge in [0.15, 0.2) is 0 Å². The van der Waals surface area contributed by atoms with Crippen molar-refractivity contribution in [2.75, 3.05) is 0 Å². The van der Waals surface area contributed by atoms with E-state index in [0.29, 0.717) is 11.4 Å². The van der Waals surface area contributed by atoms with Gasteiger partial charge in [0.25, 0.3) is 0 Å². The maximum Gasteiger partial charge on any atom is 0.148 e. The molecule has 0 aliphatic heterocycles. The van der Waals surface area contributed by atoms with Gasteiger partial charge in [0.1, 0.15) is 11.6 Å². The Morgan fingerprint density at radius 2 is 1.21 bits per heavy atom. The van der Waals surface area contributed by atoms with Crippen molar-refractivity contribution in [3.63, 3.8) is 0 Å². The zero-order valence-corrected chi connectivity index (χ0v) is 38.0. The van der Waals surface area contributed by atoms with Gasteiger partial charge in [0.2, 0.25) is 0 Å². The first-order chi connectivity index (χ1) is 29.5. The number of aryl methyl sites for hydroxylation is 3. The molecule has 0 aliphatic rings. The first kappa shape index (κ1) is 40.8. The molecule has 0 fully saturated rings. The van der Waals surface area contributed by atoms with Crippen molar-refractivity contribution in [3.8, 4) is 67.3 Å². The van der Waals surface area contributed by atoms with Gasteiger partial charge >= 0.3 is 0 Å². The molecule has 0 radical (unpaired) electrons. The number of aromatic nitrogens is 3. The fourth-order valence-electron chi connectivity index (χ4n) is 8.92. The van der Waals surface area contributed by atoms with Gasteiger partial charge in [-0.25, -0.2) is 4.98 Å². The molecule has 0 saturated carbocycles. The number of hydrogen-bond donors (Lipinski definition) is 1. The van der Waals surface area contributed by atoms with Crippen LogP contribution in [0, 0.1) is 26.8 Å². The molecule has 0 atom stereocenters. The topological polar surface area (TPSA) is 50.9 Å². The number of phenolic OH excluding ortho intramolecular Hbond substituents is 1. The van der Waals surface area contributed by atoms with Crippen LogP contribution in [0.3, 0.4) is 0 Å². The number of fused-ring (bicyclic) bond motifs is 3. The summed E-state index contributed by atoms with van der Waals surface area (Å²) in [4.78, 5) is 10.4. The fraction of sp³-hybridized carbons (Fsp3) is 0.123. The first-order valence-corrected chi connectivity index (χ1v) is 21.0. The number of imidazole rings is 1. The zero-order chi connectivity index (χ0) is 42.0. The van der Waals surface area contributed by atoms with Gasteiger partial charge in [-0.15, -0.1) is 35.4 Å². The summed E-state index contributed by atoms with van der Waals surface area (Å²) in [6.45, 7) is 13.2. The largest absolute Gasteiger partial charge is 0.507 e. The summed E-state index contributed by atoms with van der Waals surface area (Å²) in [6, 6.07) is 59.3. The average molecular weight is 984 g/mol. The Balaban J connectivity index is 0.00000490. The number of benzene rings is 8. The molecule has 0 bridgehead atoms. The van der Waals surface area contributed by atoms with Crippen molar-refractivity contribution < 1.29 is 26.2 Å². The van der Waals surface area contributed by atoms with Gasteiger partial charge < -0.3 is 5.11 Å². The van der Waals surface area contributed by atoms with Gasteiger partial charge in [0.05, 0.1) is 16.6 Å². The first-order valence-electron chi connectivity index (χ1n) is 21.0. The van der Waals surface area contributed by atoms with Crippen molar-refractivity contribution in [1.82, 2.24) is 14.5 Å². The van der Waals surface area contributed by atoms with Gasteiger partial charge in [0, 0.05) is 38.5 Å². The zero-order valence-electron chi connectivity index (χ0n) is 35.7. The summed E-state index contributed by atoms with van der Waals surface area (Å²) < 4.78 is 2.20. The number of pyridine rings is 1. The van der Waals surface area contributed by atoms with Crippen LogP contribution in [0.15, 0.2) is 164 Å². The molecule has 0 amide bonds. The quantitative estimate of drug-likeness (QED) is 0.169. The maximum atomic E-state index is 11.4. The van der Waals surface area contributed by atoms with Gasteiger partial charge in [-0.2, -0.15) is 0 Å². The Morgan fingerprint density at radius 3 is 1.94 bits per heavy atom. The van der Waals surface area contributed by atoms with Crippen LogP contribution in [0.2, 0.25) is 0 Å². The summed E-state index contributed by atoms with van der Waals surface area (Å²) >= 11 is 0. The van der Waals surface area contributed by atoms with E-state index in [1.54, 1.807) is 6.07 Å². The third-order valence-corrected chi connectivity index (χ3v) is 12.2. The summed E-state index contributed by atoms with van der Waals surface area (Å²) in [6.07, 6.45) is 1.90. The molecule has 0 saturated heterocycles. The van der Waals surface area contributed by atoms with Crippen LogP contribution in [0.1, 0.15) is 43.0 Å². The Kier molecular flexibility index (Phi) is 10.5. The van der Waals surface area contributed by atoms with Crippen LogP contribution in [0.4, 0.5) is 0 Å². The number of para-hydroxylation sites is 1. The van der Waals surface area contributed by atoms with Gasteiger partial charge in [-0.3, -0.25) is 9.55 Å². The van der Waals surface area contributed by atoms with Crippen LogP contribution >= 0.6 is 0 Å². The van der Waals surface area contributed by atoms with E-state index < -0.39 is 0 Å². The molecule has 2 heterocycles. The van der Waals surface area contributed by atoms with Crippen LogP contribution in [-0.4, -0.2) is 19.6 Å². The molecule has 5 heteroatoms. The predicted molar refractivity (Wildman–Crippen MR) is 254 cm³/mol. The van der Waals surface area contributed by atoms with E-state index in [2.05, 4.69) is 186 Å². The van der Waals surface area contributed by atoms with Crippen LogP contribution in [0.5, 0.6) is 5.75 Å². The van der Waals surface area contributed by atoms with Crippen LogP contribution in [-0.2, 0) is 26.5 Å². The molecule has 2 aromatic heterocycles. The number of nitrogens with zero attached hydrogens (tertiary/aromatic N) is 3. The maximum absolute atomic E-state index is 11.4. The van der Waals surface area contributed by atoms with Crippen LogP contribution in [0.25, 0.3) is 94.3 Å². The number of hydrogen-bond acceptors (Lipinski definition) is 3. The monoisotopic (exact) mass is 983 g/mol. The molecule has 10 rings (SSSR count). The number of rotatable bonds is 6. The van der Waals surface area contributed by atoms with E-state index in [-0.39, 0.29) is 32.2 Å². The van der Waals surface area contributed by atoms with E-state index in [1.165, 1.54) is 38.6 Å². The third kappa shape index (κ3) is 7.23. The second kappa shape index (κ2) is 16.0. The minimum atomic E-state index is -0.00878. The SMILES string of the molecule is Cc1cccc(C)c1-c1cc(-c2[c-]c(-c3cc(-c4ccc5ccccc5c4)cc4c3nc(-c3ccccc3O)n4-c3ccc(C(C)(C)C)cc3)ccc2)c2nccc(C)c2c1.[Pt]. The molecular weight excluding hydrogens is 938 g/mol. The average Bonchev–Trinajstić information content (AvgIpc) is 3.65. The summed E-state index contributed by atoms with van der Waals surface area (Å²) in [5, 5.41) is 14.9. The Labute approximate surface area is 377 Å². The standard InChI is InChI=1S/C57H46N3O.Pt/c1-35-27-28-58-54-48(35)32-44(53-36(2)13-11-14-37(53)3)33-49(54)41-17-12-18-42(30-41)50-31-43(40-22-21-38-15-7-8-16-39(38)29-40)34-51-55(50)59-56(47-19-9-10-20-52(47)61)60(51)46-25-23-45(24-26-46)57(4,5)6;/h7-29,31-34,61H,1-6H3;/q-1;. The van der Waals surface area contributed by atoms with Crippen molar-refractivity contribution in [3.05, 3.63) is 192 Å². The molecule has 4 nitrogen and oxygen atoms in total. The van der Waals surface area contributed by atoms with Crippen molar-refractivity contribution in [2.45, 2.75) is 47.0 Å². The van der Waals surface area contributed by atoms with Crippen LogP contribution < -0.4 is 0 Å². The van der Waals surface area contributed by atoms with E-state index in [0.717, 1.165) is 66.6 Å². The Hall–Kier alpha value is -6.61. The van der Waals surface area contributed by atoms with Gasteiger partial charge in [-0.05, 0) is 135 Å². The summed E-state index contributed by atoms with van der Waals surface area (Å²) in [5.41, 5.74) is 17.6. The molecule has 10 aromatic rings. The normalized spacial score (nSPS) is 11.6. The Morgan fingerprint density at radius 1 is 0.548 bits per heavy atom. The minimum Gasteiger partial charge on any atom is -0.507 e. The minimum absolute atomic E-state index is 0. The molecule has 0 spiro atoms. The van der Waals surface area contributed by atoms with E-state index >= 15 is 0 Å². The molecule has 62 heavy (non-hydrogen) atoms. The van der Waals surface area contributed by atoms with Crippen molar-refractivity contribution in [2.24, 2.45) is 0 Å². The predicted octanol–water partition coefficient (Wildman–Crippen LogP) is 14.8. The molecule has 0 unspecified atom stereocenters. The molecular formula is C57H46N3OPt-. The summed E-state index contributed by atoms with van der Waals surface area (Å²) in [5.74, 6) is 0.838. The van der Waals surface area contributed by atoms with Gasteiger partial charge in [-0.1, -0.05) is 123 Å². The smallest absolute Gasteiger partial charge is 0.148 e.